The van der Waals surface area contributed by atoms with Gasteiger partial charge in [0.2, 0.25) is 0 Å². The van der Waals surface area contributed by atoms with Gasteiger partial charge >= 0.3 is 0 Å². The van der Waals surface area contributed by atoms with E-state index in [1.54, 1.807) is 23.6 Å². The van der Waals surface area contributed by atoms with E-state index in [-0.39, 0.29) is 0 Å². The van der Waals surface area contributed by atoms with Crippen molar-refractivity contribution < 1.29 is 0 Å². The van der Waals surface area contributed by atoms with Crippen molar-refractivity contribution in [3.8, 4) is 0 Å². The van der Waals surface area contributed by atoms with Crippen LogP contribution in [0.1, 0.15) is 10.6 Å². The van der Waals surface area contributed by atoms with Gasteiger partial charge in [-0.05, 0) is 29.8 Å². The van der Waals surface area contributed by atoms with Gasteiger partial charge in [0.1, 0.15) is 5.01 Å². The van der Waals surface area contributed by atoms with Crippen LogP contribution in [0.15, 0.2) is 47.5 Å². The monoisotopic (exact) mass is 320 g/mol. The van der Waals surface area contributed by atoms with Crippen LogP contribution in [0, 0.1) is 0 Å². The van der Waals surface area contributed by atoms with E-state index in [9.17, 15) is 0 Å². The molecule has 0 fully saturated rings. The minimum atomic E-state index is 0.520. The van der Waals surface area contributed by atoms with Crippen LogP contribution >= 0.6 is 34.5 Å². The second kappa shape index (κ2) is 5.92. The maximum Gasteiger partial charge on any atom is 0.135 e. The summed E-state index contributed by atoms with van der Waals surface area (Å²) in [7, 11) is 0. The Bertz CT molecular complexity index is 747. The number of hydrogen-bond donors (Lipinski definition) is 0. The highest BCUT2D eigenvalue weighted by Gasteiger charge is 2.01. The number of nitrogens with zero attached hydrogens (tertiary/aromatic N) is 2. The lowest BCUT2D eigenvalue weighted by molar-refractivity contribution is 1.08. The first-order valence-electron chi connectivity index (χ1n) is 6.02. The quantitative estimate of drug-likeness (QED) is 0.607. The fourth-order valence-electron chi connectivity index (χ4n) is 1.82. The molecule has 0 aliphatic heterocycles. The van der Waals surface area contributed by atoms with Crippen molar-refractivity contribution in [3.05, 3.63) is 63.1 Å². The highest BCUT2D eigenvalue weighted by Crippen LogP contribution is 2.22. The lowest BCUT2D eigenvalue weighted by atomic mass is 10.2. The van der Waals surface area contributed by atoms with Crippen molar-refractivity contribution in [2.45, 2.75) is 6.54 Å². The third-order valence-corrected chi connectivity index (χ3v) is 4.35. The molecule has 0 spiro atoms. The van der Waals surface area contributed by atoms with E-state index in [4.69, 9.17) is 23.2 Å². The molecule has 100 valence electrons. The first-order valence-corrected chi connectivity index (χ1v) is 7.59. The van der Waals surface area contributed by atoms with Gasteiger partial charge in [0.05, 0.1) is 23.0 Å². The SMILES string of the molecule is Clc1ccc(CN=Cc2nc3ccccc3s2)c(Cl)c1. The van der Waals surface area contributed by atoms with Crippen LogP contribution in [0.2, 0.25) is 10.0 Å². The standard InChI is InChI=1S/C15H10Cl2N2S/c16-11-6-5-10(12(17)7-11)8-18-9-15-19-13-3-1-2-4-14(13)20-15/h1-7,9H,8H2. The van der Waals surface area contributed by atoms with E-state index >= 15 is 0 Å². The highest BCUT2D eigenvalue weighted by atomic mass is 35.5. The molecule has 0 bridgehead atoms. The van der Waals surface area contributed by atoms with E-state index in [0.717, 1.165) is 16.1 Å². The lowest BCUT2D eigenvalue weighted by Crippen LogP contribution is -1.85. The van der Waals surface area contributed by atoms with Crippen molar-refractivity contribution in [1.29, 1.82) is 0 Å². The van der Waals surface area contributed by atoms with Crippen LogP contribution in [0.5, 0.6) is 0 Å². The maximum absolute atomic E-state index is 6.10. The molecule has 0 radical (unpaired) electrons. The zero-order chi connectivity index (χ0) is 13.9. The summed E-state index contributed by atoms with van der Waals surface area (Å²) in [4.78, 5) is 8.89. The second-order valence-electron chi connectivity index (χ2n) is 4.23. The van der Waals surface area contributed by atoms with Gasteiger partial charge in [-0.3, -0.25) is 4.99 Å². The number of para-hydroxylation sites is 1. The smallest absolute Gasteiger partial charge is 0.135 e. The van der Waals surface area contributed by atoms with E-state index in [2.05, 4.69) is 16.0 Å². The molecule has 0 atom stereocenters. The predicted octanol–water partition coefficient (Wildman–Crippen LogP) is 5.22. The molecule has 0 amide bonds. The average molecular weight is 321 g/mol. The first-order chi connectivity index (χ1) is 9.72. The third-order valence-electron chi connectivity index (χ3n) is 2.79. The van der Waals surface area contributed by atoms with Gasteiger partial charge < -0.3 is 0 Å². The number of hydrogen-bond acceptors (Lipinski definition) is 3. The number of thiazole rings is 1. The average Bonchev–Trinajstić information content (AvgIpc) is 2.84. The van der Waals surface area contributed by atoms with Crippen molar-refractivity contribution in [1.82, 2.24) is 4.98 Å². The van der Waals surface area contributed by atoms with Crippen LogP contribution in [0.3, 0.4) is 0 Å². The Kier molecular flexibility index (Phi) is 4.01. The first kappa shape index (κ1) is 13.6. The molecule has 3 aromatic rings. The van der Waals surface area contributed by atoms with Gasteiger partial charge in [0, 0.05) is 10.0 Å². The summed E-state index contributed by atoms with van der Waals surface area (Å²) in [5.41, 5.74) is 1.96. The Morgan fingerprint density at radius 2 is 2.00 bits per heavy atom. The van der Waals surface area contributed by atoms with Crippen molar-refractivity contribution in [2.75, 3.05) is 0 Å². The molecule has 1 heterocycles. The molecule has 0 saturated carbocycles. The fraction of sp³-hybridized carbons (Fsp3) is 0.0667. The summed E-state index contributed by atoms with van der Waals surface area (Å²) in [6, 6.07) is 13.5. The number of aliphatic imine (C=N–C) groups is 1. The van der Waals surface area contributed by atoms with E-state index < -0.39 is 0 Å². The Labute approximate surface area is 130 Å². The molecule has 0 aliphatic carbocycles. The molecule has 2 aromatic carbocycles. The molecular weight excluding hydrogens is 311 g/mol. The number of aromatic nitrogens is 1. The molecular formula is C15H10Cl2N2S. The molecule has 3 rings (SSSR count). The summed E-state index contributed by atoms with van der Waals surface area (Å²) in [5.74, 6) is 0. The molecule has 0 unspecified atom stereocenters. The van der Waals surface area contributed by atoms with Crippen molar-refractivity contribution in [3.63, 3.8) is 0 Å². The number of halogens is 2. The second-order valence-corrected chi connectivity index (χ2v) is 6.13. The summed E-state index contributed by atoms with van der Waals surface area (Å²) < 4.78 is 1.17. The van der Waals surface area contributed by atoms with Crippen LogP contribution in [-0.2, 0) is 6.54 Å². The lowest BCUT2D eigenvalue weighted by Gasteiger charge is -2.00. The summed E-state index contributed by atoms with van der Waals surface area (Å²) in [6.45, 7) is 0.520. The van der Waals surface area contributed by atoms with Gasteiger partial charge in [-0.25, -0.2) is 4.98 Å². The zero-order valence-electron chi connectivity index (χ0n) is 10.4. The van der Waals surface area contributed by atoms with Gasteiger partial charge in [-0.2, -0.15) is 0 Å². The van der Waals surface area contributed by atoms with Gasteiger partial charge in [-0.15, -0.1) is 11.3 Å². The largest absolute Gasteiger partial charge is 0.285 e. The van der Waals surface area contributed by atoms with Crippen LogP contribution < -0.4 is 0 Å². The van der Waals surface area contributed by atoms with Gasteiger partial charge in [0.15, 0.2) is 0 Å². The van der Waals surface area contributed by atoms with Crippen molar-refractivity contribution in [2.24, 2.45) is 4.99 Å². The molecule has 0 aliphatic rings. The third kappa shape index (κ3) is 3.01. The minimum Gasteiger partial charge on any atom is -0.285 e. The molecule has 1 aromatic heterocycles. The van der Waals surface area contributed by atoms with E-state index in [0.29, 0.717) is 16.6 Å². The van der Waals surface area contributed by atoms with Gasteiger partial charge in [0.25, 0.3) is 0 Å². The molecule has 2 nitrogen and oxygen atoms in total. The topological polar surface area (TPSA) is 25.2 Å². The maximum atomic E-state index is 6.10. The van der Waals surface area contributed by atoms with Crippen molar-refractivity contribution >= 4 is 51.0 Å². The summed E-state index contributed by atoms with van der Waals surface area (Å²) in [5, 5.41) is 2.17. The Balaban J connectivity index is 1.77. The zero-order valence-corrected chi connectivity index (χ0v) is 12.7. The van der Waals surface area contributed by atoms with Crippen LogP contribution in [0.25, 0.3) is 10.2 Å². The molecule has 20 heavy (non-hydrogen) atoms. The highest BCUT2D eigenvalue weighted by molar-refractivity contribution is 7.20. The van der Waals surface area contributed by atoms with Gasteiger partial charge in [-0.1, -0.05) is 41.4 Å². The van der Waals surface area contributed by atoms with E-state index in [1.165, 1.54) is 4.70 Å². The molecule has 5 heteroatoms. The summed E-state index contributed by atoms with van der Waals surface area (Å²) >= 11 is 13.6. The Hall–Kier alpha value is -1.42. The normalized spacial score (nSPS) is 11.5. The van der Waals surface area contributed by atoms with E-state index in [1.807, 2.05) is 30.3 Å². The Morgan fingerprint density at radius 3 is 2.80 bits per heavy atom. The minimum absolute atomic E-state index is 0.520. The van der Waals surface area contributed by atoms with Crippen LogP contribution in [-0.4, -0.2) is 11.2 Å². The predicted molar refractivity (Wildman–Crippen MR) is 87.4 cm³/mol. The molecule has 0 saturated heterocycles. The van der Waals surface area contributed by atoms with Crippen LogP contribution in [0.4, 0.5) is 0 Å². The molecule has 0 N–H and O–H groups in total. The Morgan fingerprint density at radius 1 is 1.15 bits per heavy atom. The number of rotatable bonds is 3. The number of benzene rings is 2. The number of fused-ring (bicyclic) bond motifs is 1. The summed E-state index contributed by atoms with van der Waals surface area (Å²) in [6.07, 6.45) is 1.79. The fourth-order valence-corrected chi connectivity index (χ4v) is 3.15.